The van der Waals surface area contributed by atoms with Gasteiger partial charge in [0.05, 0.1) is 22.5 Å². The molecule has 0 radical (unpaired) electrons. The molecule has 2 N–H and O–H groups in total. The van der Waals surface area contributed by atoms with Crippen molar-refractivity contribution in [2.75, 3.05) is 0 Å². The van der Waals surface area contributed by atoms with Gasteiger partial charge < -0.3 is 0 Å². The zero-order chi connectivity index (χ0) is 20.0. The second-order valence-corrected chi connectivity index (χ2v) is 5.30. The fourth-order valence-electron chi connectivity index (χ4n) is 1.83. The van der Waals surface area contributed by atoms with Gasteiger partial charge in [-0.25, -0.2) is 0 Å². The average molecular weight is 362 g/mol. The van der Waals surface area contributed by atoms with Crippen molar-refractivity contribution in [3.05, 3.63) is 68.0 Å². The molecule has 0 unspecified atom stereocenters. The lowest BCUT2D eigenvalue weighted by atomic mass is 10.1. The molecule has 0 saturated heterocycles. The van der Waals surface area contributed by atoms with Crippen molar-refractivity contribution in [1.29, 1.82) is 0 Å². The lowest BCUT2D eigenvalue weighted by Gasteiger charge is -2.20. The Morgan fingerprint density at radius 1 is 0.769 bits per heavy atom. The Bertz CT molecular complexity index is 748. The number of nitrogens with zero attached hydrogens (tertiary/aromatic N) is 4. The minimum Gasteiger partial charge on any atom is -0.281 e. The van der Waals surface area contributed by atoms with Crippen LogP contribution in [0.2, 0.25) is 0 Å². The number of hydrogen-bond acceptors (Lipinski definition) is 8. The number of benzene rings is 1. The maximum absolute atomic E-state index is 12.5. The van der Waals surface area contributed by atoms with Crippen molar-refractivity contribution >= 4 is 11.8 Å². The molecule has 0 spiro atoms. The molecule has 0 saturated carbocycles. The summed E-state index contributed by atoms with van der Waals surface area (Å²) in [5, 5.41) is 25.6. The smallest absolute Gasteiger partial charge is 0.281 e. The van der Waals surface area contributed by atoms with Gasteiger partial charge in [-0.1, -0.05) is 12.1 Å². The molecule has 10 heteroatoms. The van der Waals surface area contributed by atoms with Crippen LogP contribution in [0.15, 0.2) is 57.4 Å². The standard InChI is InChI=1S/C16H18N4O6/c1-9(17-23)11(3)19(25)15(21)13-7-5-6-8-14(13)16(22)20(26)12(4)10(2)18-24/h5-8,25-26H,1-4H3/b11-9+,12-10+. The van der Waals surface area contributed by atoms with Crippen LogP contribution in [0.4, 0.5) is 0 Å². The minimum absolute atomic E-state index is 0.120. The highest BCUT2D eigenvalue weighted by atomic mass is 16.5. The lowest BCUT2D eigenvalue weighted by molar-refractivity contribution is -0.0342. The van der Waals surface area contributed by atoms with Gasteiger partial charge >= 0.3 is 0 Å². The van der Waals surface area contributed by atoms with Crippen LogP contribution in [0.1, 0.15) is 48.4 Å². The first-order chi connectivity index (χ1) is 12.2. The molecular weight excluding hydrogens is 344 g/mol. The molecule has 138 valence electrons. The number of carbonyl (C=O) groups is 2. The van der Waals surface area contributed by atoms with Gasteiger partial charge in [0.25, 0.3) is 11.8 Å². The molecule has 26 heavy (non-hydrogen) atoms. The molecule has 0 aromatic heterocycles. The Hall–Kier alpha value is -3.24. The SMILES string of the molecule is C/C(N=O)=C(/C)N(O)C(=O)c1ccccc1C(=O)N(O)/C(C)=C(\C)N=O. The maximum Gasteiger partial charge on any atom is 0.282 e. The van der Waals surface area contributed by atoms with Crippen molar-refractivity contribution < 1.29 is 20.0 Å². The number of hydroxylamine groups is 4. The highest BCUT2D eigenvalue weighted by Crippen LogP contribution is 2.19. The Morgan fingerprint density at radius 2 is 1.08 bits per heavy atom. The predicted octanol–water partition coefficient (Wildman–Crippen LogP) is 3.39. The summed E-state index contributed by atoms with van der Waals surface area (Å²) in [6.45, 7) is 5.19. The van der Waals surface area contributed by atoms with Crippen LogP contribution in [0.5, 0.6) is 0 Å². The van der Waals surface area contributed by atoms with E-state index in [9.17, 15) is 29.8 Å². The van der Waals surface area contributed by atoms with Gasteiger partial charge in [-0.15, -0.1) is 9.81 Å². The number of nitroso groups, excluding NO2 is 2. The summed E-state index contributed by atoms with van der Waals surface area (Å²) in [6, 6.07) is 5.41. The molecule has 1 rings (SSSR count). The van der Waals surface area contributed by atoms with Gasteiger partial charge in [0.15, 0.2) is 0 Å². The fraction of sp³-hybridized carbons (Fsp3) is 0.250. The number of hydrogen-bond donors (Lipinski definition) is 2. The van der Waals surface area contributed by atoms with Crippen molar-refractivity contribution in [3.63, 3.8) is 0 Å². The van der Waals surface area contributed by atoms with Gasteiger partial charge in [0.1, 0.15) is 11.4 Å². The van der Waals surface area contributed by atoms with E-state index in [4.69, 9.17) is 0 Å². The number of carbonyl (C=O) groups excluding carboxylic acids is 2. The number of amides is 2. The van der Waals surface area contributed by atoms with Crippen LogP contribution in [-0.2, 0) is 0 Å². The zero-order valence-corrected chi connectivity index (χ0v) is 14.6. The van der Waals surface area contributed by atoms with Crippen LogP contribution >= 0.6 is 0 Å². The summed E-state index contributed by atoms with van der Waals surface area (Å²) in [4.78, 5) is 46.1. The van der Waals surface area contributed by atoms with Crippen LogP contribution in [0, 0.1) is 9.81 Å². The molecule has 0 aliphatic carbocycles. The van der Waals surface area contributed by atoms with Crippen LogP contribution in [0.3, 0.4) is 0 Å². The Balaban J connectivity index is 3.35. The van der Waals surface area contributed by atoms with Gasteiger partial charge in [0.2, 0.25) is 0 Å². The highest BCUT2D eigenvalue weighted by molar-refractivity contribution is 6.07. The van der Waals surface area contributed by atoms with Gasteiger partial charge in [-0.05, 0) is 50.2 Å². The highest BCUT2D eigenvalue weighted by Gasteiger charge is 2.26. The van der Waals surface area contributed by atoms with Gasteiger partial charge in [0, 0.05) is 0 Å². The third-order valence-corrected chi connectivity index (χ3v) is 3.73. The second-order valence-electron chi connectivity index (χ2n) is 5.30. The number of allylic oxidation sites excluding steroid dienone is 4. The Morgan fingerprint density at radius 3 is 1.35 bits per heavy atom. The first-order valence-corrected chi connectivity index (χ1v) is 7.34. The van der Waals surface area contributed by atoms with Crippen molar-refractivity contribution in [2.45, 2.75) is 27.7 Å². The molecule has 0 fully saturated rings. The van der Waals surface area contributed by atoms with E-state index in [1.165, 1.54) is 52.0 Å². The normalized spacial score (nSPS) is 12.5. The molecule has 1 aromatic rings. The van der Waals surface area contributed by atoms with E-state index in [0.29, 0.717) is 0 Å². The predicted molar refractivity (Wildman–Crippen MR) is 90.7 cm³/mol. The van der Waals surface area contributed by atoms with E-state index < -0.39 is 11.8 Å². The topological polar surface area (TPSA) is 140 Å². The number of rotatable bonds is 6. The molecular formula is C16H18N4O6. The molecule has 2 amide bonds. The largest absolute Gasteiger partial charge is 0.282 e. The van der Waals surface area contributed by atoms with E-state index in [-0.39, 0.29) is 44.0 Å². The van der Waals surface area contributed by atoms with Crippen LogP contribution < -0.4 is 0 Å². The summed E-state index contributed by atoms with van der Waals surface area (Å²) in [7, 11) is 0. The van der Waals surface area contributed by atoms with Crippen LogP contribution in [-0.4, -0.2) is 32.4 Å². The summed E-state index contributed by atoms with van der Waals surface area (Å²) in [6.07, 6.45) is 0. The van der Waals surface area contributed by atoms with Crippen molar-refractivity contribution in [2.24, 2.45) is 10.4 Å². The van der Waals surface area contributed by atoms with Crippen LogP contribution in [0.25, 0.3) is 0 Å². The molecule has 1 aromatic carbocycles. The fourth-order valence-corrected chi connectivity index (χ4v) is 1.83. The molecule has 0 heterocycles. The summed E-state index contributed by atoms with van der Waals surface area (Å²) >= 11 is 0. The van der Waals surface area contributed by atoms with E-state index in [0.717, 1.165) is 0 Å². The molecule has 0 atom stereocenters. The van der Waals surface area contributed by atoms with Crippen molar-refractivity contribution in [1.82, 2.24) is 10.1 Å². The first-order valence-electron chi connectivity index (χ1n) is 7.34. The summed E-state index contributed by atoms with van der Waals surface area (Å²) < 4.78 is 0. The van der Waals surface area contributed by atoms with E-state index in [1.54, 1.807) is 0 Å². The van der Waals surface area contributed by atoms with E-state index >= 15 is 0 Å². The first kappa shape index (κ1) is 20.8. The zero-order valence-electron chi connectivity index (χ0n) is 14.6. The Kier molecular flexibility index (Phi) is 6.99. The van der Waals surface area contributed by atoms with Gasteiger partial charge in [-0.2, -0.15) is 10.1 Å². The third-order valence-electron chi connectivity index (χ3n) is 3.73. The molecule has 0 aliphatic rings. The third kappa shape index (κ3) is 4.23. The van der Waals surface area contributed by atoms with Gasteiger partial charge in [-0.3, -0.25) is 20.0 Å². The minimum atomic E-state index is -1.00. The second kappa shape index (κ2) is 8.74. The van der Waals surface area contributed by atoms with E-state index in [2.05, 4.69) is 10.4 Å². The summed E-state index contributed by atoms with van der Waals surface area (Å²) in [5.41, 5.74) is -0.960. The summed E-state index contributed by atoms with van der Waals surface area (Å²) in [5.74, 6) is -2.01. The molecule has 10 nitrogen and oxygen atoms in total. The average Bonchev–Trinajstić information content (AvgIpc) is 2.68. The molecule has 0 bridgehead atoms. The lowest BCUT2D eigenvalue weighted by Crippen LogP contribution is -2.31. The quantitative estimate of drug-likeness (QED) is 0.451. The Labute approximate surface area is 148 Å². The van der Waals surface area contributed by atoms with Crippen molar-refractivity contribution in [3.8, 4) is 0 Å². The maximum atomic E-state index is 12.5. The van der Waals surface area contributed by atoms with E-state index in [1.807, 2.05) is 0 Å². The monoisotopic (exact) mass is 362 g/mol. The molecule has 0 aliphatic heterocycles.